The topological polar surface area (TPSA) is 57.9 Å². The number of nitrogens with zero attached hydrogens (tertiary/aromatic N) is 2. The summed E-state index contributed by atoms with van der Waals surface area (Å²) >= 11 is 0. The predicted octanol–water partition coefficient (Wildman–Crippen LogP) is 2.10. The Morgan fingerprint density at radius 1 is 1.50 bits per heavy atom. The molecule has 1 aromatic heterocycles. The van der Waals surface area contributed by atoms with Crippen LogP contribution in [0.2, 0.25) is 0 Å². The highest BCUT2D eigenvalue weighted by Gasteiger charge is 2.03. The molecule has 0 aliphatic carbocycles. The molecule has 16 heavy (non-hydrogen) atoms. The maximum Gasteiger partial charge on any atom is 0.144 e. The third kappa shape index (κ3) is 3.87. The molecule has 0 spiro atoms. The van der Waals surface area contributed by atoms with Crippen molar-refractivity contribution in [1.29, 1.82) is 5.26 Å². The van der Waals surface area contributed by atoms with E-state index < -0.39 is 0 Å². The summed E-state index contributed by atoms with van der Waals surface area (Å²) in [6, 6.07) is 5.71. The Bertz CT molecular complexity index is 382. The van der Waals surface area contributed by atoms with Gasteiger partial charge in [0, 0.05) is 12.2 Å². The second kappa shape index (κ2) is 6.09. The van der Waals surface area contributed by atoms with Gasteiger partial charge in [-0.25, -0.2) is 4.98 Å². The third-order valence-electron chi connectivity index (χ3n) is 2.00. The second-order valence-corrected chi connectivity index (χ2v) is 3.81. The summed E-state index contributed by atoms with van der Waals surface area (Å²) in [6.45, 7) is 7.15. The van der Waals surface area contributed by atoms with Crippen LogP contribution >= 0.6 is 0 Å². The van der Waals surface area contributed by atoms with Crippen LogP contribution in [0.3, 0.4) is 0 Å². The van der Waals surface area contributed by atoms with Gasteiger partial charge in [-0.1, -0.05) is 0 Å². The quantitative estimate of drug-likeness (QED) is 0.770. The van der Waals surface area contributed by atoms with Gasteiger partial charge >= 0.3 is 0 Å². The number of pyridine rings is 1. The number of aryl methyl sites for hydroxylation is 1. The number of hydrogen-bond acceptors (Lipinski definition) is 4. The summed E-state index contributed by atoms with van der Waals surface area (Å²) in [4.78, 5) is 4.27. The Hall–Kier alpha value is -1.60. The molecule has 86 valence electrons. The van der Waals surface area contributed by atoms with Crippen molar-refractivity contribution in [2.45, 2.75) is 26.9 Å². The van der Waals surface area contributed by atoms with Gasteiger partial charge in [-0.2, -0.15) is 5.26 Å². The fourth-order valence-electron chi connectivity index (χ4n) is 1.25. The van der Waals surface area contributed by atoms with Crippen LogP contribution in [-0.2, 0) is 4.74 Å². The largest absolute Gasteiger partial charge is 0.377 e. The van der Waals surface area contributed by atoms with Gasteiger partial charge < -0.3 is 10.1 Å². The predicted molar refractivity (Wildman–Crippen MR) is 63.3 cm³/mol. The van der Waals surface area contributed by atoms with Gasteiger partial charge in [0.1, 0.15) is 11.9 Å². The van der Waals surface area contributed by atoms with Crippen LogP contribution in [0.5, 0.6) is 0 Å². The number of rotatable bonds is 5. The third-order valence-corrected chi connectivity index (χ3v) is 2.00. The average molecular weight is 219 g/mol. The zero-order chi connectivity index (χ0) is 12.0. The van der Waals surface area contributed by atoms with E-state index in [9.17, 15) is 0 Å². The summed E-state index contributed by atoms with van der Waals surface area (Å²) in [6.07, 6.45) is 0.225. The molecule has 4 nitrogen and oxygen atoms in total. The lowest BCUT2D eigenvalue weighted by molar-refractivity contribution is 0.0870. The van der Waals surface area contributed by atoms with Crippen molar-refractivity contribution in [3.63, 3.8) is 0 Å². The van der Waals surface area contributed by atoms with Crippen LogP contribution in [0, 0.1) is 18.3 Å². The first kappa shape index (κ1) is 12.5. The standard InChI is InChI=1S/C12H17N3O/c1-9(2)16-7-6-14-12-11(8-13)5-4-10(3)15-12/h4-5,9H,6-7H2,1-3H3,(H,14,15). The molecule has 0 fully saturated rings. The minimum Gasteiger partial charge on any atom is -0.377 e. The van der Waals surface area contributed by atoms with E-state index in [4.69, 9.17) is 10.00 Å². The van der Waals surface area contributed by atoms with Crippen molar-refractivity contribution < 1.29 is 4.74 Å². The van der Waals surface area contributed by atoms with E-state index >= 15 is 0 Å². The molecule has 0 atom stereocenters. The Labute approximate surface area is 96.3 Å². The fourth-order valence-corrected chi connectivity index (χ4v) is 1.25. The van der Waals surface area contributed by atoms with Crippen molar-refractivity contribution in [3.8, 4) is 6.07 Å². The molecular formula is C12H17N3O. The molecule has 0 aromatic carbocycles. The molecule has 1 heterocycles. The van der Waals surface area contributed by atoms with Gasteiger partial charge in [-0.15, -0.1) is 0 Å². The van der Waals surface area contributed by atoms with Gasteiger partial charge in [-0.05, 0) is 32.9 Å². The van der Waals surface area contributed by atoms with Crippen LogP contribution in [0.1, 0.15) is 25.1 Å². The van der Waals surface area contributed by atoms with E-state index in [1.165, 1.54) is 0 Å². The van der Waals surface area contributed by atoms with Crippen LogP contribution in [0.25, 0.3) is 0 Å². The van der Waals surface area contributed by atoms with Crippen LogP contribution in [-0.4, -0.2) is 24.2 Å². The van der Waals surface area contributed by atoms with Crippen molar-refractivity contribution in [3.05, 3.63) is 23.4 Å². The van der Waals surface area contributed by atoms with Gasteiger partial charge in [0.2, 0.25) is 0 Å². The summed E-state index contributed by atoms with van der Waals surface area (Å²) in [5.74, 6) is 0.634. The van der Waals surface area contributed by atoms with Gasteiger partial charge in [-0.3, -0.25) is 0 Å². The zero-order valence-electron chi connectivity index (χ0n) is 9.95. The Balaban J connectivity index is 2.53. The van der Waals surface area contributed by atoms with Crippen molar-refractivity contribution >= 4 is 5.82 Å². The average Bonchev–Trinajstić information content (AvgIpc) is 2.24. The maximum atomic E-state index is 8.89. The van der Waals surface area contributed by atoms with Gasteiger partial charge in [0.25, 0.3) is 0 Å². The van der Waals surface area contributed by atoms with E-state index in [1.54, 1.807) is 6.07 Å². The number of ether oxygens (including phenoxy) is 1. The van der Waals surface area contributed by atoms with Crippen molar-refractivity contribution in [1.82, 2.24) is 4.98 Å². The van der Waals surface area contributed by atoms with Crippen LogP contribution in [0.15, 0.2) is 12.1 Å². The van der Waals surface area contributed by atoms with Crippen LogP contribution in [0.4, 0.5) is 5.82 Å². The molecule has 1 aromatic rings. The lowest BCUT2D eigenvalue weighted by Crippen LogP contribution is -2.14. The Morgan fingerprint density at radius 2 is 2.25 bits per heavy atom. The summed E-state index contributed by atoms with van der Waals surface area (Å²) in [5, 5.41) is 12.0. The molecule has 0 saturated carbocycles. The number of hydrogen-bond donors (Lipinski definition) is 1. The number of anilines is 1. The minimum absolute atomic E-state index is 0.225. The first-order chi connectivity index (χ1) is 7.63. The lowest BCUT2D eigenvalue weighted by Gasteiger charge is -2.10. The van der Waals surface area contributed by atoms with E-state index in [0.717, 1.165) is 5.69 Å². The molecule has 0 bridgehead atoms. The SMILES string of the molecule is Cc1ccc(C#N)c(NCCOC(C)C)n1. The monoisotopic (exact) mass is 219 g/mol. The first-order valence-corrected chi connectivity index (χ1v) is 5.36. The smallest absolute Gasteiger partial charge is 0.144 e. The molecule has 0 unspecified atom stereocenters. The molecule has 4 heteroatoms. The van der Waals surface area contributed by atoms with E-state index in [-0.39, 0.29) is 6.10 Å². The highest BCUT2D eigenvalue weighted by molar-refractivity contribution is 5.52. The summed E-state index contributed by atoms with van der Waals surface area (Å²) in [5.41, 5.74) is 1.46. The molecular weight excluding hydrogens is 202 g/mol. The van der Waals surface area contributed by atoms with Crippen molar-refractivity contribution in [2.75, 3.05) is 18.5 Å². The summed E-state index contributed by atoms with van der Waals surface area (Å²) in [7, 11) is 0. The van der Waals surface area contributed by atoms with Crippen LogP contribution < -0.4 is 5.32 Å². The molecule has 1 N–H and O–H groups in total. The molecule has 0 aliphatic rings. The number of nitriles is 1. The zero-order valence-corrected chi connectivity index (χ0v) is 9.95. The molecule has 1 rings (SSSR count). The summed E-state index contributed by atoms with van der Waals surface area (Å²) < 4.78 is 5.39. The van der Waals surface area contributed by atoms with E-state index in [1.807, 2.05) is 26.8 Å². The van der Waals surface area contributed by atoms with Gasteiger partial charge in [0.15, 0.2) is 0 Å². The molecule has 0 amide bonds. The van der Waals surface area contributed by atoms with Gasteiger partial charge in [0.05, 0.1) is 18.3 Å². The molecule has 0 saturated heterocycles. The maximum absolute atomic E-state index is 8.89. The molecule has 0 radical (unpaired) electrons. The normalized spacial score (nSPS) is 10.2. The second-order valence-electron chi connectivity index (χ2n) is 3.81. The Morgan fingerprint density at radius 3 is 2.88 bits per heavy atom. The lowest BCUT2D eigenvalue weighted by atomic mass is 10.2. The first-order valence-electron chi connectivity index (χ1n) is 5.36. The highest BCUT2D eigenvalue weighted by atomic mass is 16.5. The Kier molecular flexibility index (Phi) is 4.74. The van der Waals surface area contributed by atoms with E-state index in [2.05, 4.69) is 16.4 Å². The molecule has 0 aliphatic heterocycles. The highest BCUT2D eigenvalue weighted by Crippen LogP contribution is 2.11. The van der Waals surface area contributed by atoms with E-state index in [0.29, 0.717) is 24.5 Å². The minimum atomic E-state index is 0.225. The fraction of sp³-hybridized carbons (Fsp3) is 0.500. The number of nitrogens with one attached hydrogen (secondary N) is 1. The number of aromatic nitrogens is 1. The van der Waals surface area contributed by atoms with Crippen molar-refractivity contribution in [2.24, 2.45) is 0 Å².